The van der Waals surface area contributed by atoms with E-state index in [4.69, 9.17) is 9.97 Å². The van der Waals surface area contributed by atoms with Crippen LogP contribution in [0.1, 0.15) is 0 Å². The Morgan fingerprint density at radius 1 is 0.316 bits per heavy atom. The third-order valence-electron chi connectivity index (χ3n) is 7.17. The molecule has 0 fully saturated rings. The minimum absolute atomic E-state index is 0.915. The second-order valence-electron chi connectivity index (χ2n) is 9.38. The molecule has 0 radical (unpaired) electrons. The molecular weight excluding hydrogens is 460 g/mol. The van der Waals surface area contributed by atoms with Crippen LogP contribution in [0.5, 0.6) is 0 Å². The molecule has 0 atom stereocenters. The highest BCUT2D eigenvalue weighted by Crippen LogP contribution is 2.48. The van der Waals surface area contributed by atoms with Crippen molar-refractivity contribution >= 4 is 21.8 Å². The van der Waals surface area contributed by atoms with Crippen LogP contribution in [0.3, 0.4) is 0 Å². The zero-order chi connectivity index (χ0) is 25.3. The number of hydrogen-bond donors (Lipinski definition) is 0. The number of rotatable bonds is 4. The second-order valence-corrected chi connectivity index (χ2v) is 9.38. The topological polar surface area (TPSA) is 25.8 Å². The van der Waals surface area contributed by atoms with E-state index in [1.165, 1.54) is 11.1 Å². The molecule has 0 aliphatic carbocycles. The Labute approximate surface area is 221 Å². The summed E-state index contributed by atoms with van der Waals surface area (Å²) in [6.45, 7) is 0. The van der Waals surface area contributed by atoms with Crippen LogP contribution >= 0.6 is 0 Å². The summed E-state index contributed by atoms with van der Waals surface area (Å²) in [7, 11) is 0. The van der Waals surface area contributed by atoms with E-state index in [9.17, 15) is 0 Å². The lowest BCUT2D eigenvalue weighted by Crippen LogP contribution is -1.98. The first-order chi connectivity index (χ1) is 18.9. The maximum Gasteiger partial charge on any atom is 0.0977 e. The minimum Gasteiger partial charge on any atom is -0.254 e. The van der Waals surface area contributed by atoms with Gasteiger partial charge in [0.1, 0.15) is 0 Å². The molecule has 0 N–H and O–H groups in total. The molecule has 2 aromatic heterocycles. The van der Waals surface area contributed by atoms with Crippen LogP contribution in [0.25, 0.3) is 66.3 Å². The first-order valence-electron chi connectivity index (χ1n) is 12.9. The predicted octanol–water partition coefficient (Wildman–Crippen LogP) is 9.45. The summed E-state index contributed by atoms with van der Waals surface area (Å²) in [5.74, 6) is 0. The number of aromatic nitrogens is 2. The van der Waals surface area contributed by atoms with Gasteiger partial charge in [-0.2, -0.15) is 0 Å². The van der Waals surface area contributed by atoms with Gasteiger partial charge in [0.2, 0.25) is 0 Å². The Bertz CT molecular complexity index is 1740. The van der Waals surface area contributed by atoms with Gasteiger partial charge in [0, 0.05) is 34.3 Å². The fraction of sp³-hybridized carbons (Fsp3) is 0. The second kappa shape index (κ2) is 9.42. The molecule has 0 amide bonds. The Morgan fingerprint density at radius 3 is 0.974 bits per heavy atom. The summed E-state index contributed by atoms with van der Waals surface area (Å²) in [5, 5.41) is 2.24. The average Bonchev–Trinajstić information content (AvgIpc) is 3.01. The van der Waals surface area contributed by atoms with Crippen molar-refractivity contribution in [3.05, 3.63) is 146 Å². The maximum absolute atomic E-state index is 4.99. The highest BCUT2D eigenvalue weighted by molar-refractivity contribution is 6.25. The van der Waals surface area contributed by atoms with E-state index in [0.717, 1.165) is 55.2 Å². The number of hydrogen-bond acceptors (Lipinski definition) is 2. The van der Waals surface area contributed by atoms with Crippen LogP contribution in [0.4, 0.5) is 0 Å². The van der Waals surface area contributed by atoms with Gasteiger partial charge in [0.05, 0.1) is 11.0 Å². The lowest BCUT2D eigenvalue weighted by molar-refractivity contribution is 1.37. The predicted molar refractivity (Wildman–Crippen MR) is 159 cm³/mol. The van der Waals surface area contributed by atoms with E-state index in [1.807, 2.05) is 12.4 Å². The minimum atomic E-state index is 0.915. The summed E-state index contributed by atoms with van der Waals surface area (Å²) in [6, 6.07) is 46.8. The molecule has 38 heavy (non-hydrogen) atoms. The number of pyridine rings is 2. The highest BCUT2D eigenvalue weighted by atomic mass is 14.7. The SMILES string of the molecule is c1ccc(-c2ccnc3c2c(-c2ccccc2)c(-c2ccccc2)c2c(-c4ccccc4)ccnc23)cc1. The van der Waals surface area contributed by atoms with E-state index in [-0.39, 0.29) is 0 Å². The molecular formula is C36H24N2. The quantitative estimate of drug-likeness (QED) is 0.233. The van der Waals surface area contributed by atoms with E-state index in [0.29, 0.717) is 0 Å². The van der Waals surface area contributed by atoms with Crippen LogP contribution in [-0.2, 0) is 0 Å². The molecule has 2 heteroatoms. The molecule has 0 saturated heterocycles. The van der Waals surface area contributed by atoms with Crippen LogP contribution < -0.4 is 0 Å². The van der Waals surface area contributed by atoms with E-state index in [1.54, 1.807) is 0 Å². The van der Waals surface area contributed by atoms with Gasteiger partial charge in [0.25, 0.3) is 0 Å². The molecule has 178 valence electrons. The molecule has 7 aromatic rings. The van der Waals surface area contributed by atoms with Crippen LogP contribution in [0.15, 0.2) is 146 Å². The smallest absolute Gasteiger partial charge is 0.0977 e. The number of benzene rings is 5. The van der Waals surface area contributed by atoms with Crippen molar-refractivity contribution in [1.29, 1.82) is 0 Å². The van der Waals surface area contributed by atoms with Gasteiger partial charge in [-0.25, -0.2) is 0 Å². The zero-order valence-electron chi connectivity index (χ0n) is 20.8. The monoisotopic (exact) mass is 484 g/mol. The standard InChI is InChI=1S/C36H24N2/c1-5-13-25(14-6-1)29-21-23-37-35-33(29)31(27-17-9-3-10-18-27)32(28-19-11-4-12-20-28)34-30(22-24-38-36(34)35)26-15-7-2-8-16-26/h1-24H. The van der Waals surface area contributed by atoms with Crippen molar-refractivity contribution in [2.45, 2.75) is 0 Å². The van der Waals surface area contributed by atoms with Crippen molar-refractivity contribution in [2.75, 3.05) is 0 Å². The third kappa shape index (κ3) is 3.66. The molecule has 7 rings (SSSR count). The molecule has 0 bridgehead atoms. The zero-order valence-corrected chi connectivity index (χ0v) is 20.8. The number of nitrogens with zero attached hydrogens (tertiary/aromatic N) is 2. The average molecular weight is 485 g/mol. The molecule has 5 aromatic carbocycles. The maximum atomic E-state index is 4.99. The summed E-state index contributed by atoms with van der Waals surface area (Å²) < 4.78 is 0. The lowest BCUT2D eigenvalue weighted by Gasteiger charge is -2.21. The normalized spacial score (nSPS) is 11.2. The fourth-order valence-corrected chi connectivity index (χ4v) is 5.54. The summed E-state index contributed by atoms with van der Waals surface area (Å²) >= 11 is 0. The Kier molecular flexibility index (Phi) is 5.49. The van der Waals surface area contributed by atoms with Crippen LogP contribution in [0.2, 0.25) is 0 Å². The van der Waals surface area contributed by atoms with E-state index in [2.05, 4.69) is 133 Å². The van der Waals surface area contributed by atoms with Gasteiger partial charge >= 0.3 is 0 Å². The molecule has 2 nitrogen and oxygen atoms in total. The van der Waals surface area contributed by atoms with E-state index >= 15 is 0 Å². The van der Waals surface area contributed by atoms with Crippen LogP contribution in [-0.4, -0.2) is 9.97 Å². The lowest BCUT2D eigenvalue weighted by atomic mass is 9.83. The van der Waals surface area contributed by atoms with E-state index < -0.39 is 0 Å². The largest absolute Gasteiger partial charge is 0.254 e. The van der Waals surface area contributed by atoms with Crippen molar-refractivity contribution in [1.82, 2.24) is 9.97 Å². The van der Waals surface area contributed by atoms with Crippen molar-refractivity contribution in [3.63, 3.8) is 0 Å². The first kappa shape index (κ1) is 22.1. The molecule has 2 heterocycles. The van der Waals surface area contributed by atoms with Crippen molar-refractivity contribution < 1.29 is 0 Å². The van der Waals surface area contributed by atoms with Crippen LogP contribution in [0, 0.1) is 0 Å². The van der Waals surface area contributed by atoms with Gasteiger partial charge in [0.15, 0.2) is 0 Å². The van der Waals surface area contributed by atoms with Gasteiger partial charge in [-0.05, 0) is 45.5 Å². The third-order valence-corrected chi connectivity index (χ3v) is 7.17. The number of fused-ring (bicyclic) bond motifs is 3. The molecule has 0 unspecified atom stereocenters. The molecule has 0 saturated carbocycles. The summed E-state index contributed by atoms with van der Waals surface area (Å²) in [4.78, 5) is 9.98. The van der Waals surface area contributed by atoms with Gasteiger partial charge in [-0.15, -0.1) is 0 Å². The van der Waals surface area contributed by atoms with Gasteiger partial charge < -0.3 is 0 Å². The molecule has 0 aliphatic heterocycles. The van der Waals surface area contributed by atoms with Crippen molar-refractivity contribution in [2.24, 2.45) is 0 Å². The molecule has 0 spiro atoms. The first-order valence-corrected chi connectivity index (χ1v) is 12.9. The Morgan fingerprint density at radius 2 is 0.632 bits per heavy atom. The van der Waals surface area contributed by atoms with Gasteiger partial charge in [-0.3, -0.25) is 9.97 Å². The highest BCUT2D eigenvalue weighted by Gasteiger charge is 2.23. The molecule has 0 aliphatic rings. The fourth-order valence-electron chi connectivity index (χ4n) is 5.54. The Balaban J connectivity index is 1.77. The van der Waals surface area contributed by atoms with Crippen molar-refractivity contribution in [3.8, 4) is 44.5 Å². The Hall–Kier alpha value is -5.08. The summed E-state index contributed by atoms with van der Waals surface area (Å²) in [5.41, 5.74) is 11.1. The van der Waals surface area contributed by atoms with Gasteiger partial charge in [-0.1, -0.05) is 121 Å². The summed E-state index contributed by atoms with van der Waals surface area (Å²) in [6.07, 6.45) is 3.83.